The van der Waals surface area contributed by atoms with Crippen molar-refractivity contribution in [1.82, 2.24) is 4.57 Å². The fourth-order valence-corrected chi connectivity index (χ4v) is 4.64. The number of hydrogen-bond donors (Lipinski definition) is 2. The fraction of sp³-hybridized carbons (Fsp3) is 0.385. The summed E-state index contributed by atoms with van der Waals surface area (Å²) >= 11 is 0. The Balaban J connectivity index is 1.61. The molecule has 1 aliphatic rings. The molecule has 1 heterocycles. The van der Waals surface area contributed by atoms with E-state index in [-0.39, 0.29) is 17.7 Å². The minimum Gasteiger partial charge on any atom is -0.496 e. The summed E-state index contributed by atoms with van der Waals surface area (Å²) in [5.74, 6) is -0.435. The van der Waals surface area contributed by atoms with Crippen LogP contribution in [0.15, 0.2) is 42.5 Å². The SMILES string of the molecule is COc1cc(C(=O)O)ccc1Cc1cc2cc(NC(=O)OC3CCCC3)ccc2n1C(C)C. The van der Waals surface area contributed by atoms with Crippen LogP contribution in [0.1, 0.15) is 67.2 Å². The van der Waals surface area contributed by atoms with E-state index in [1.165, 1.54) is 0 Å². The van der Waals surface area contributed by atoms with E-state index in [9.17, 15) is 14.7 Å². The first-order chi connectivity index (χ1) is 15.9. The molecule has 0 spiro atoms. The molecule has 33 heavy (non-hydrogen) atoms. The average molecular weight is 451 g/mol. The van der Waals surface area contributed by atoms with Gasteiger partial charge >= 0.3 is 12.1 Å². The van der Waals surface area contributed by atoms with Gasteiger partial charge in [-0.15, -0.1) is 0 Å². The number of rotatable bonds is 7. The number of carboxylic acids is 1. The maximum absolute atomic E-state index is 12.3. The van der Waals surface area contributed by atoms with Crippen molar-refractivity contribution >= 4 is 28.7 Å². The smallest absolute Gasteiger partial charge is 0.411 e. The van der Waals surface area contributed by atoms with Crippen molar-refractivity contribution < 1.29 is 24.2 Å². The summed E-state index contributed by atoms with van der Waals surface area (Å²) in [6.07, 6.45) is 4.28. The highest BCUT2D eigenvalue weighted by Gasteiger charge is 2.20. The van der Waals surface area contributed by atoms with Crippen LogP contribution in [-0.4, -0.2) is 34.9 Å². The van der Waals surface area contributed by atoms with Crippen molar-refractivity contribution in [2.24, 2.45) is 0 Å². The zero-order valence-corrected chi connectivity index (χ0v) is 19.3. The number of fused-ring (bicyclic) bond motifs is 1. The van der Waals surface area contributed by atoms with E-state index >= 15 is 0 Å². The molecule has 7 heteroatoms. The van der Waals surface area contributed by atoms with E-state index in [0.717, 1.165) is 47.8 Å². The minimum absolute atomic E-state index is 0.0184. The van der Waals surface area contributed by atoms with Gasteiger partial charge in [-0.3, -0.25) is 5.32 Å². The average Bonchev–Trinajstić information content (AvgIpc) is 3.40. The lowest BCUT2D eigenvalue weighted by atomic mass is 10.1. The lowest BCUT2D eigenvalue weighted by Crippen LogP contribution is -2.20. The van der Waals surface area contributed by atoms with Crippen LogP contribution in [0.3, 0.4) is 0 Å². The van der Waals surface area contributed by atoms with E-state index in [1.54, 1.807) is 25.3 Å². The molecular weight excluding hydrogens is 420 g/mol. The molecule has 1 aliphatic carbocycles. The van der Waals surface area contributed by atoms with E-state index < -0.39 is 12.1 Å². The van der Waals surface area contributed by atoms with Gasteiger partial charge in [0.1, 0.15) is 11.9 Å². The van der Waals surface area contributed by atoms with Gasteiger partial charge in [0.25, 0.3) is 0 Å². The first-order valence-electron chi connectivity index (χ1n) is 11.4. The van der Waals surface area contributed by atoms with Gasteiger partial charge in [0.05, 0.1) is 12.7 Å². The number of amides is 1. The number of methoxy groups -OCH3 is 1. The molecule has 1 aromatic heterocycles. The third-order valence-electron chi connectivity index (χ3n) is 6.16. The molecule has 0 saturated heterocycles. The third-order valence-corrected chi connectivity index (χ3v) is 6.16. The third kappa shape index (κ3) is 4.97. The van der Waals surface area contributed by atoms with Crippen molar-refractivity contribution in [3.8, 4) is 5.75 Å². The summed E-state index contributed by atoms with van der Waals surface area (Å²) in [5.41, 5.74) is 3.94. The van der Waals surface area contributed by atoms with Gasteiger partial charge in [0.2, 0.25) is 0 Å². The first kappa shape index (κ1) is 22.7. The van der Waals surface area contributed by atoms with Crippen LogP contribution in [0.5, 0.6) is 5.75 Å². The van der Waals surface area contributed by atoms with Crippen LogP contribution in [-0.2, 0) is 11.2 Å². The van der Waals surface area contributed by atoms with Crippen molar-refractivity contribution in [1.29, 1.82) is 0 Å². The molecule has 1 amide bonds. The maximum Gasteiger partial charge on any atom is 0.411 e. The van der Waals surface area contributed by atoms with Gasteiger partial charge in [0, 0.05) is 40.3 Å². The molecule has 174 valence electrons. The lowest BCUT2D eigenvalue weighted by molar-refractivity contribution is 0.0696. The van der Waals surface area contributed by atoms with Crippen LogP contribution in [0, 0.1) is 0 Å². The Morgan fingerprint density at radius 2 is 1.88 bits per heavy atom. The maximum atomic E-state index is 12.3. The second kappa shape index (κ2) is 9.57. The molecule has 0 unspecified atom stereocenters. The number of hydrogen-bond acceptors (Lipinski definition) is 4. The molecule has 2 aromatic carbocycles. The number of nitrogens with zero attached hydrogens (tertiary/aromatic N) is 1. The molecule has 7 nitrogen and oxygen atoms in total. The zero-order valence-electron chi connectivity index (χ0n) is 19.3. The number of benzene rings is 2. The number of carbonyl (C=O) groups excluding carboxylic acids is 1. The standard InChI is InChI=1S/C26H30N2O5/c1-16(2)28-21(13-17-8-9-18(25(29)30)15-24(17)32-3)14-19-12-20(10-11-23(19)28)27-26(31)33-22-6-4-5-7-22/h8-12,14-16,22H,4-7,13H2,1-3H3,(H,27,31)(H,29,30). The largest absolute Gasteiger partial charge is 0.496 e. The van der Waals surface area contributed by atoms with E-state index in [1.807, 2.05) is 18.2 Å². The van der Waals surface area contributed by atoms with Crippen LogP contribution < -0.4 is 10.1 Å². The normalized spacial score (nSPS) is 14.1. The summed E-state index contributed by atoms with van der Waals surface area (Å²) in [6.45, 7) is 4.25. The van der Waals surface area contributed by atoms with Crippen molar-refractivity contribution in [3.63, 3.8) is 0 Å². The molecule has 0 bridgehead atoms. The monoisotopic (exact) mass is 450 g/mol. The van der Waals surface area contributed by atoms with E-state index in [4.69, 9.17) is 9.47 Å². The van der Waals surface area contributed by atoms with Crippen molar-refractivity contribution in [2.45, 2.75) is 58.1 Å². The summed E-state index contributed by atoms with van der Waals surface area (Å²) in [6, 6.07) is 13.1. The predicted molar refractivity (Wildman–Crippen MR) is 127 cm³/mol. The van der Waals surface area contributed by atoms with Crippen LogP contribution in [0.4, 0.5) is 10.5 Å². The molecule has 1 saturated carbocycles. The summed E-state index contributed by atoms with van der Waals surface area (Å²) in [7, 11) is 1.55. The quantitative estimate of drug-likeness (QED) is 0.460. The van der Waals surface area contributed by atoms with Gasteiger partial charge in [-0.2, -0.15) is 0 Å². The number of aromatic carboxylic acids is 1. The zero-order chi connectivity index (χ0) is 23.5. The Bertz CT molecular complexity index is 1170. The first-order valence-corrected chi connectivity index (χ1v) is 11.4. The lowest BCUT2D eigenvalue weighted by Gasteiger charge is -2.16. The summed E-state index contributed by atoms with van der Waals surface area (Å²) < 4.78 is 13.2. The van der Waals surface area contributed by atoms with E-state index in [0.29, 0.717) is 17.9 Å². The highest BCUT2D eigenvalue weighted by molar-refractivity contribution is 5.91. The number of carbonyl (C=O) groups is 2. The molecule has 4 rings (SSSR count). The summed E-state index contributed by atoms with van der Waals surface area (Å²) in [4.78, 5) is 23.6. The Labute approximate surface area is 193 Å². The van der Waals surface area contributed by atoms with Gasteiger partial charge in [0.15, 0.2) is 0 Å². The van der Waals surface area contributed by atoms with Gasteiger partial charge in [-0.05, 0) is 75.9 Å². The Morgan fingerprint density at radius 1 is 1.12 bits per heavy atom. The predicted octanol–water partition coefficient (Wildman–Crippen LogP) is 6.01. The summed E-state index contributed by atoms with van der Waals surface area (Å²) in [5, 5.41) is 13.1. The molecule has 0 radical (unpaired) electrons. The van der Waals surface area contributed by atoms with Crippen molar-refractivity contribution in [2.75, 3.05) is 12.4 Å². The number of anilines is 1. The molecule has 3 aromatic rings. The molecular formula is C26H30N2O5. The Kier molecular flexibility index (Phi) is 6.58. The molecule has 0 atom stereocenters. The van der Waals surface area contributed by atoms with E-state index in [2.05, 4.69) is 29.8 Å². The van der Waals surface area contributed by atoms with Crippen molar-refractivity contribution in [3.05, 3.63) is 59.3 Å². The number of aromatic nitrogens is 1. The second-order valence-corrected chi connectivity index (χ2v) is 8.82. The minimum atomic E-state index is -0.984. The highest BCUT2D eigenvalue weighted by Crippen LogP contribution is 2.31. The van der Waals surface area contributed by atoms with Gasteiger partial charge < -0.3 is 19.1 Å². The second-order valence-electron chi connectivity index (χ2n) is 8.82. The number of carboxylic acid groups (broad SMARTS) is 1. The number of nitrogens with one attached hydrogen (secondary N) is 1. The molecule has 2 N–H and O–H groups in total. The highest BCUT2D eigenvalue weighted by atomic mass is 16.6. The van der Waals surface area contributed by atoms with Crippen LogP contribution in [0.2, 0.25) is 0 Å². The van der Waals surface area contributed by atoms with Gasteiger partial charge in [-0.1, -0.05) is 6.07 Å². The number of ether oxygens (including phenoxy) is 2. The Morgan fingerprint density at radius 3 is 2.55 bits per heavy atom. The Hall–Kier alpha value is -3.48. The van der Waals surface area contributed by atoms with Gasteiger partial charge in [-0.25, -0.2) is 9.59 Å². The van der Waals surface area contributed by atoms with Crippen LogP contribution >= 0.6 is 0 Å². The van der Waals surface area contributed by atoms with Crippen LogP contribution in [0.25, 0.3) is 10.9 Å². The topological polar surface area (TPSA) is 89.8 Å². The fourth-order valence-electron chi connectivity index (χ4n) is 4.64. The molecule has 0 aliphatic heterocycles. The molecule has 1 fully saturated rings.